The van der Waals surface area contributed by atoms with Gasteiger partial charge >= 0.3 is 0 Å². The van der Waals surface area contributed by atoms with E-state index in [2.05, 4.69) is 21.2 Å². The predicted molar refractivity (Wildman–Crippen MR) is 89.2 cm³/mol. The highest BCUT2D eigenvalue weighted by molar-refractivity contribution is 9.10. The van der Waals surface area contributed by atoms with Crippen molar-refractivity contribution in [3.63, 3.8) is 0 Å². The second-order valence-electron chi connectivity index (χ2n) is 4.91. The van der Waals surface area contributed by atoms with Gasteiger partial charge in [-0.15, -0.1) is 0 Å². The van der Waals surface area contributed by atoms with E-state index in [-0.39, 0.29) is 11.9 Å². The Kier molecular flexibility index (Phi) is 5.53. The summed E-state index contributed by atoms with van der Waals surface area (Å²) in [5, 5.41) is 3.04. The quantitative estimate of drug-likeness (QED) is 0.871. The maximum Gasteiger partial charge on any atom is 0.252 e. The Morgan fingerprint density at radius 2 is 1.86 bits per heavy atom. The standard InChI is InChI=1S/C17H19BrN2O/c1-12(14-7-4-5-9-16(14)18)20-17(21)15-8-3-2-6-13(15)10-11-19/h2-9,12H,10-11,19H2,1H3,(H,20,21). The summed E-state index contributed by atoms with van der Waals surface area (Å²) in [5.41, 5.74) is 8.34. The number of rotatable bonds is 5. The molecule has 4 heteroatoms. The Balaban J connectivity index is 2.17. The topological polar surface area (TPSA) is 55.1 Å². The maximum absolute atomic E-state index is 12.5. The molecule has 0 saturated heterocycles. The number of carbonyl (C=O) groups excluding carboxylic acids is 1. The van der Waals surface area contributed by atoms with Crippen LogP contribution in [-0.2, 0) is 6.42 Å². The van der Waals surface area contributed by atoms with E-state index in [4.69, 9.17) is 5.73 Å². The first kappa shape index (κ1) is 15.7. The number of hydrogen-bond donors (Lipinski definition) is 2. The Hall–Kier alpha value is -1.65. The summed E-state index contributed by atoms with van der Waals surface area (Å²) in [5.74, 6) is -0.0673. The highest BCUT2D eigenvalue weighted by Gasteiger charge is 2.15. The van der Waals surface area contributed by atoms with Crippen LogP contribution < -0.4 is 11.1 Å². The highest BCUT2D eigenvalue weighted by atomic mass is 79.9. The van der Waals surface area contributed by atoms with Crippen LogP contribution in [0, 0.1) is 0 Å². The minimum atomic E-state index is -0.0704. The van der Waals surface area contributed by atoms with Gasteiger partial charge in [-0.2, -0.15) is 0 Å². The van der Waals surface area contributed by atoms with Gasteiger partial charge in [0.15, 0.2) is 0 Å². The molecular formula is C17H19BrN2O. The van der Waals surface area contributed by atoms with Crippen LogP contribution in [0.15, 0.2) is 53.0 Å². The Morgan fingerprint density at radius 1 is 1.19 bits per heavy atom. The number of hydrogen-bond acceptors (Lipinski definition) is 2. The zero-order valence-corrected chi connectivity index (χ0v) is 13.6. The number of amides is 1. The summed E-state index contributed by atoms with van der Waals surface area (Å²) >= 11 is 3.51. The van der Waals surface area contributed by atoms with Crippen LogP contribution >= 0.6 is 15.9 Å². The van der Waals surface area contributed by atoms with E-state index in [0.717, 1.165) is 15.6 Å². The number of nitrogens with two attached hydrogens (primary N) is 1. The summed E-state index contributed by atoms with van der Waals surface area (Å²) < 4.78 is 0.994. The molecule has 0 aliphatic rings. The first-order valence-electron chi connectivity index (χ1n) is 6.96. The molecule has 0 aromatic heterocycles. The van der Waals surface area contributed by atoms with Crippen LogP contribution in [0.25, 0.3) is 0 Å². The van der Waals surface area contributed by atoms with Gasteiger partial charge < -0.3 is 11.1 Å². The second kappa shape index (κ2) is 7.38. The molecule has 0 heterocycles. The van der Waals surface area contributed by atoms with Gasteiger partial charge in [0.2, 0.25) is 0 Å². The Bertz CT molecular complexity index is 628. The molecule has 0 bridgehead atoms. The maximum atomic E-state index is 12.5. The Labute approximate surface area is 133 Å². The van der Waals surface area contributed by atoms with Gasteiger partial charge in [-0.05, 0) is 43.1 Å². The fourth-order valence-corrected chi connectivity index (χ4v) is 2.92. The van der Waals surface area contributed by atoms with Gasteiger partial charge in [-0.3, -0.25) is 4.79 Å². The van der Waals surface area contributed by atoms with E-state index in [1.54, 1.807) is 0 Å². The Morgan fingerprint density at radius 3 is 2.57 bits per heavy atom. The SMILES string of the molecule is CC(NC(=O)c1ccccc1CCN)c1ccccc1Br. The molecule has 0 saturated carbocycles. The number of benzene rings is 2. The van der Waals surface area contributed by atoms with E-state index in [0.29, 0.717) is 18.5 Å². The minimum Gasteiger partial charge on any atom is -0.345 e. The molecule has 3 nitrogen and oxygen atoms in total. The summed E-state index contributed by atoms with van der Waals surface area (Å²) in [6.45, 7) is 2.51. The molecule has 2 aromatic carbocycles. The van der Waals surface area contributed by atoms with Crippen molar-refractivity contribution in [2.45, 2.75) is 19.4 Å². The molecule has 0 spiro atoms. The largest absolute Gasteiger partial charge is 0.345 e. The highest BCUT2D eigenvalue weighted by Crippen LogP contribution is 2.23. The molecule has 21 heavy (non-hydrogen) atoms. The van der Waals surface area contributed by atoms with Crippen LogP contribution in [0.5, 0.6) is 0 Å². The fraction of sp³-hybridized carbons (Fsp3) is 0.235. The second-order valence-corrected chi connectivity index (χ2v) is 5.77. The van der Waals surface area contributed by atoms with Crippen molar-refractivity contribution in [2.24, 2.45) is 5.73 Å². The van der Waals surface area contributed by atoms with Crippen LogP contribution in [0.1, 0.15) is 34.5 Å². The fourth-order valence-electron chi connectivity index (χ4n) is 2.29. The zero-order chi connectivity index (χ0) is 15.2. The first-order valence-corrected chi connectivity index (χ1v) is 7.76. The van der Waals surface area contributed by atoms with E-state index in [1.165, 1.54) is 0 Å². The van der Waals surface area contributed by atoms with Crippen LogP contribution in [0.4, 0.5) is 0 Å². The van der Waals surface area contributed by atoms with E-state index >= 15 is 0 Å². The summed E-state index contributed by atoms with van der Waals surface area (Å²) in [6, 6.07) is 15.4. The van der Waals surface area contributed by atoms with Gasteiger partial charge in [0.05, 0.1) is 6.04 Å². The smallest absolute Gasteiger partial charge is 0.252 e. The number of halogens is 1. The third-order valence-electron chi connectivity index (χ3n) is 3.39. The van der Waals surface area contributed by atoms with Crippen molar-refractivity contribution >= 4 is 21.8 Å². The number of carbonyl (C=O) groups is 1. The third kappa shape index (κ3) is 3.93. The molecule has 0 fully saturated rings. The molecular weight excluding hydrogens is 328 g/mol. The lowest BCUT2D eigenvalue weighted by Crippen LogP contribution is -2.28. The van der Waals surface area contributed by atoms with Crippen molar-refractivity contribution in [3.8, 4) is 0 Å². The zero-order valence-electron chi connectivity index (χ0n) is 12.0. The van der Waals surface area contributed by atoms with E-state index in [1.807, 2.05) is 55.5 Å². The van der Waals surface area contributed by atoms with Crippen molar-refractivity contribution in [3.05, 3.63) is 69.7 Å². The predicted octanol–water partition coefficient (Wildman–Crippen LogP) is 3.44. The molecule has 0 radical (unpaired) electrons. The molecule has 110 valence electrons. The van der Waals surface area contributed by atoms with Crippen LogP contribution in [0.2, 0.25) is 0 Å². The summed E-state index contributed by atoms with van der Waals surface area (Å²) in [7, 11) is 0. The van der Waals surface area contributed by atoms with Crippen molar-refractivity contribution < 1.29 is 4.79 Å². The van der Waals surface area contributed by atoms with Crippen molar-refractivity contribution in [1.29, 1.82) is 0 Å². The molecule has 2 aromatic rings. The van der Waals surface area contributed by atoms with Gasteiger partial charge in [-0.1, -0.05) is 52.3 Å². The monoisotopic (exact) mass is 346 g/mol. The molecule has 0 aliphatic heterocycles. The molecule has 1 amide bonds. The van der Waals surface area contributed by atoms with E-state index in [9.17, 15) is 4.79 Å². The first-order chi connectivity index (χ1) is 10.1. The average Bonchev–Trinajstić information content (AvgIpc) is 2.48. The lowest BCUT2D eigenvalue weighted by Gasteiger charge is -2.17. The van der Waals surface area contributed by atoms with Crippen LogP contribution in [-0.4, -0.2) is 12.5 Å². The average molecular weight is 347 g/mol. The van der Waals surface area contributed by atoms with Gasteiger partial charge in [0.1, 0.15) is 0 Å². The van der Waals surface area contributed by atoms with Crippen molar-refractivity contribution in [2.75, 3.05) is 6.54 Å². The van der Waals surface area contributed by atoms with Gasteiger partial charge in [-0.25, -0.2) is 0 Å². The molecule has 2 rings (SSSR count). The van der Waals surface area contributed by atoms with Crippen molar-refractivity contribution in [1.82, 2.24) is 5.32 Å². The minimum absolute atomic E-state index is 0.0673. The molecule has 1 atom stereocenters. The molecule has 3 N–H and O–H groups in total. The number of nitrogens with one attached hydrogen (secondary N) is 1. The van der Waals surface area contributed by atoms with Crippen LogP contribution in [0.3, 0.4) is 0 Å². The van der Waals surface area contributed by atoms with E-state index < -0.39 is 0 Å². The molecule has 0 aliphatic carbocycles. The lowest BCUT2D eigenvalue weighted by molar-refractivity contribution is 0.0939. The summed E-state index contributed by atoms with van der Waals surface area (Å²) in [6.07, 6.45) is 0.701. The normalized spacial score (nSPS) is 12.0. The molecule has 1 unspecified atom stereocenters. The lowest BCUT2D eigenvalue weighted by atomic mass is 10.0. The summed E-state index contributed by atoms with van der Waals surface area (Å²) in [4.78, 5) is 12.5. The van der Waals surface area contributed by atoms with Gasteiger partial charge in [0, 0.05) is 10.0 Å². The third-order valence-corrected chi connectivity index (χ3v) is 4.12. The van der Waals surface area contributed by atoms with Gasteiger partial charge in [0.25, 0.3) is 5.91 Å².